The number of nitrogens with zero attached hydrogens (tertiary/aromatic N) is 3. The van der Waals surface area contributed by atoms with Gasteiger partial charge < -0.3 is 9.72 Å². The molecule has 1 saturated heterocycles. The summed E-state index contributed by atoms with van der Waals surface area (Å²) in [5.41, 5.74) is 4.03. The third-order valence-electron chi connectivity index (χ3n) is 6.26. The summed E-state index contributed by atoms with van der Waals surface area (Å²) in [7, 11) is 0. The van der Waals surface area contributed by atoms with Gasteiger partial charge in [-0.15, -0.1) is 10.2 Å². The monoisotopic (exact) mass is 460 g/mol. The van der Waals surface area contributed by atoms with Gasteiger partial charge in [0, 0.05) is 34.8 Å². The van der Waals surface area contributed by atoms with Crippen LogP contribution in [0.15, 0.2) is 59.9 Å². The minimum atomic E-state index is -0.277. The van der Waals surface area contributed by atoms with E-state index in [4.69, 9.17) is 4.74 Å². The Morgan fingerprint density at radius 3 is 2.79 bits per heavy atom. The zero-order chi connectivity index (χ0) is 22.8. The molecule has 0 radical (unpaired) electrons. The number of aromatic amines is 1. The number of carbonyl (C=O) groups is 1. The summed E-state index contributed by atoms with van der Waals surface area (Å²) in [5, 5.41) is 10.7. The predicted molar refractivity (Wildman–Crippen MR) is 132 cm³/mol. The number of hydrogen-bond acceptors (Lipinski definition) is 5. The molecule has 2 aromatic heterocycles. The molecular weight excluding hydrogens is 432 g/mol. The fourth-order valence-electron chi connectivity index (χ4n) is 4.34. The molecule has 6 nitrogen and oxygen atoms in total. The second kappa shape index (κ2) is 9.53. The molecule has 2 aromatic carbocycles. The Kier molecular flexibility index (Phi) is 6.33. The highest BCUT2D eigenvalue weighted by Gasteiger charge is 2.26. The van der Waals surface area contributed by atoms with Gasteiger partial charge >= 0.3 is 0 Å². The number of Topliss-reactive ketones (excluding diaryl/α,β-unsaturated/α-hetero) is 1. The molecule has 2 unspecified atom stereocenters. The molecule has 170 valence electrons. The molecule has 1 fully saturated rings. The minimum absolute atomic E-state index is 0.1000. The van der Waals surface area contributed by atoms with Gasteiger partial charge in [0.25, 0.3) is 0 Å². The fourth-order valence-corrected chi connectivity index (χ4v) is 5.27. The summed E-state index contributed by atoms with van der Waals surface area (Å²) in [5.74, 6) is 0.903. The van der Waals surface area contributed by atoms with E-state index in [1.54, 1.807) is 0 Å². The van der Waals surface area contributed by atoms with E-state index >= 15 is 0 Å². The predicted octanol–water partition coefficient (Wildman–Crippen LogP) is 5.53. The summed E-state index contributed by atoms with van der Waals surface area (Å²) in [6.45, 7) is 5.52. The van der Waals surface area contributed by atoms with Crippen LogP contribution in [0.1, 0.15) is 42.6 Å². The number of aromatic nitrogens is 4. The Morgan fingerprint density at radius 1 is 1.21 bits per heavy atom. The van der Waals surface area contributed by atoms with Crippen molar-refractivity contribution in [2.75, 3.05) is 6.61 Å². The second-order valence-corrected chi connectivity index (χ2v) is 9.78. The maximum absolute atomic E-state index is 13.1. The third-order valence-corrected chi connectivity index (χ3v) is 7.34. The molecule has 0 bridgehead atoms. The van der Waals surface area contributed by atoms with Crippen molar-refractivity contribution in [1.82, 2.24) is 19.7 Å². The average molecular weight is 461 g/mol. The lowest BCUT2D eigenvalue weighted by Gasteiger charge is -2.16. The fraction of sp³-hybridized carbons (Fsp3) is 0.346. The zero-order valence-corrected chi connectivity index (χ0v) is 19.8. The van der Waals surface area contributed by atoms with Crippen molar-refractivity contribution in [1.29, 1.82) is 0 Å². The largest absolute Gasteiger partial charge is 0.376 e. The lowest BCUT2D eigenvalue weighted by molar-refractivity contribution is 0.0953. The van der Waals surface area contributed by atoms with Crippen LogP contribution < -0.4 is 0 Å². The first-order valence-electron chi connectivity index (χ1n) is 11.5. The number of benzene rings is 2. The van der Waals surface area contributed by atoms with Gasteiger partial charge in [-0.3, -0.25) is 9.36 Å². The van der Waals surface area contributed by atoms with E-state index in [-0.39, 0.29) is 17.1 Å². The average Bonchev–Trinajstić information content (AvgIpc) is 3.60. The van der Waals surface area contributed by atoms with Gasteiger partial charge in [0.2, 0.25) is 0 Å². The summed E-state index contributed by atoms with van der Waals surface area (Å²) in [6.07, 6.45) is 5.17. The van der Waals surface area contributed by atoms with Gasteiger partial charge in [0.1, 0.15) is 0 Å². The van der Waals surface area contributed by atoms with Crippen LogP contribution in [0.25, 0.3) is 22.3 Å². The number of rotatable bonds is 8. The molecule has 0 saturated carbocycles. The lowest BCUT2D eigenvalue weighted by atomic mass is 10.1. The molecular formula is C26H28N4O2S. The summed E-state index contributed by atoms with van der Waals surface area (Å²) >= 11 is 1.46. The molecule has 0 amide bonds. The molecule has 1 aliphatic heterocycles. The molecule has 1 N–H and O–H groups in total. The van der Waals surface area contributed by atoms with E-state index < -0.39 is 0 Å². The number of H-pyrrole nitrogens is 1. The van der Waals surface area contributed by atoms with E-state index in [0.29, 0.717) is 6.54 Å². The molecule has 3 heterocycles. The van der Waals surface area contributed by atoms with Crippen LogP contribution in [-0.2, 0) is 17.7 Å². The van der Waals surface area contributed by atoms with E-state index in [9.17, 15) is 4.79 Å². The van der Waals surface area contributed by atoms with Crippen molar-refractivity contribution in [3.05, 3.63) is 65.9 Å². The molecule has 2 atom stereocenters. The number of thioether (sulfide) groups is 1. The van der Waals surface area contributed by atoms with Crippen molar-refractivity contribution in [3.63, 3.8) is 0 Å². The summed E-state index contributed by atoms with van der Waals surface area (Å²) < 4.78 is 8.05. The standard InChI is InChI=1S/C26H28N4O2S/c1-3-18-10-12-19(13-11-18)24(31)17(2)33-26-29-28-25(30(26)16-20-7-6-14-32-20)22-15-27-23-9-5-4-8-21(22)23/h4-5,8-13,15,17,20,27H,3,6-7,14,16H2,1-2H3. The lowest BCUT2D eigenvalue weighted by Crippen LogP contribution is -2.19. The zero-order valence-electron chi connectivity index (χ0n) is 19.0. The van der Waals surface area contributed by atoms with Gasteiger partial charge in [0.15, 0.2) is 16.8 Å². The summed E-state index contributed by atoms with van der Waals surface area (Å²) in [6, 6.07) is 16.1. The first-order valence-corrected chi connectivity index (χ1v) is 12.4. The second-order valence-electron chi connectivity index (χ2n) is 8.47. The van der Waals surface area contributed by atoms with Crippen LogP contribution in [0.3, 0.4) is 0 Å². The van der Waals surface area contributed by atoms with Gasteiger partial charge in [-0.05, 0) is 37.8 Å². The van der Waals surface area contributed by atoms with E-state index in [0.717, 1.165) is 58.9 Å². The van der Waals surface area contributed by atoms with Crippen molar-refractivity contribution in [2.24, 2.45) is 0 Å². The number of fused-ring (bicyclic) bond motifs is 1. The molecule has 33 heavy (non-hydrogen) atoms. The van der Waals surface area contributed by atoms with Gasteiger partial charge in [-0.1, -0.05) is 61.2 Å². The first kappa shape index (κ1) is 21.9. The maximum Gasteiger partial charge on any atom is 0.192 e. The van der Waals surface area contributed by atoms with E-state index in [1.807, 2.05) is 49.5 Å². The number of ketones is 1. The molecule has 5 rings (SSSR count). The maximum atomic E-state index is 13.1. The van der Waals surface area contributed by atoms with Gasteiger partial charge in [-0.25, -0.2) is 0 Å². The van der Waals surface area contributed by atoms with Crippen LogP contribution in [0.4, 0.5) is 0 Å². The quantitative estimate of drug-likeness (QED) is 0.276. The topological polar surface area (TPSA) is 72.8 Å². The van der Waals surface area contributed by atoms with Gasteiger partial charge in [-0.2, -0.15) is 0 Å². The highest BCUT2D eigenvalue weighted by atomic mass is 32.2. The Balaban J connectivity index is 1.45. The van der Waals surface area contributed by atoms with E-state index in [1.165, 1.54) is 17.3 Å². The number of hydrogen-bond donors (Lipinski definition) is 1. The van der Waals surface area contributed by atoms with Crippen LogP contribution in [0.2, 0.25) is 0 Å². The highest BCUT2D eigenvalue weighted by molar-refractivity contribution is 8.00. The summed E-state index contributed by atoms with van der Waals surface area (Å²) in [4.78, 5) is 16.4. The normalized spacial score (nSPS) is 17.0. The number of para-hydroxylation sites is 1. The van der Waals surface area contributed by atoms with Crippen LogP contribution in [0, 0.1) is 0 Å². The first-order chi connectivity index (χ1) is 16.1. The van der Waals surface area contributed by atoms with Crippen LogP contribution >= 0.6 is 11.8 Å². The smallest absolute Gasteiger partial charge is 0.192 e. The van der Waals surface area contributed by atoms with Crippen molar-refractivity contribution < 1.29 is 9.53 Å². The van der Waals surface area contributed by atoms with E-state index in [2.05, 4.69) is 38.8 Å². The van der Waals surface area contributed by atoms with Crippen LogP contribution in [-0.4, -0.2) is 43.5 Å². The Hall–Kier alpha value is -2.90. The van der Waals surface area contributed by atoms with Crippen LogP contribution in [0.5, 0.6) is 0 Å². The van der Waals surface area contributed by atoms with Crippen molar-refractivity contribution in [2.45, 2.75) is 56.2 Å². The molecule has 4 aromatic rings. The SMILES string of the molecule is CCc1ccc(C(=O)C(C)Sc2nnc(-c3c[nH]c4ccccc34)n2CC2CCCO2)cc1. The number of nitrogens with one attached hydrogen (secondary N) is 1. The van der Waals surface area contributed by atoms with Gasteiger partial charge in [0.05, 0.1) is 17.9 Å². The Morgan fingerprint density at radius 2 is 2.03 bits per heavy atom. The molecule has 1 aliphatic rings. The van der Waals surface area contributed by atoms with Crippen molar-refractivity contribution in [3.8, 4) is 11.4 Å². The van der Waals surface area contributed by atoms with Crippen molar-refractivity contribution >= 4 is 28.4 Å². The highest BCUT2D eigenvalue weighted by Crippen LogP contribution is 2.33. The Labute approximate surface area is 197 Å². The minimum Gasteiger partial charge on any atom is -0.376 e. The molecule has 0 aliphatic carbocycles. The third kappa shape index (κ3) is 4.48. The molecule has 0 spiro atoms. The molecule has 7 heteroatoms. The number of aryl methyl sites for hydroxylation is 1. The number of carbonyl (C=O) groups excluding carboxylic acids is 1. The number of ether oxygens (including phenoxy) is 1. The Bertz CT molecular complexity index is 1260.